The average molecular weight is 182 g/mol. The Balaban J connectivity index is 0.000000671. The van der Waals surface area contributed by atoms with E-state index in [4.69, 9.17) is 4.42 Å². The highest BCUT2D eigenvalue weighted by atomic mass is 16.3. The standard InChI is InChI=1S/C10H16O.C2H6/c1-5-9-8(4)6-10(11-9)7(2)3;1-2/h6-7H,5H2,1-4H3;1-2H3. The lowest BCUT2D eigenvalue weighted by Crippen LogP contribution is -1.80. The van der Waals surface area contributed by atoms with Crippen molar-refractivity contribution in [3.8, 4) is 0 Å². The molecule has 1 nitrogen and oxygen atoms in total. The summed E-state index contributed by atoms with van der Waals surface area (Å²) >= 11 is 0. The average Bonchev–Trinajstić information content (AvgIpc) is 2.50. The van der Waals surface area contributed by atoms with Crippen LogP contribution >= 0.6 is 0 Å². The maximum Gasteiger partial charge on any atom is 0.106 e. The van der Waals surface area contributed by atoms with E-state index in [0.29, 0.717) is 5.92 Å². The molecule has 1 heteroatoms. The van der Waals surface area contributed by atoms with Gasteiger partial charge in [-0.05, 0) is 18.6 Å². The molecule has 0 N–H and O–H groups in total. The number of rotatable bonds is 2. The van der Waals surface area contributed by atoms with Gasteiger partial charge < -0.3 is 4.42 Å². The summed E-state index contributed by atoms with van der Waals surface area (Å²) in [6.45, 7) is 12.5. The largest absolute Gasteiger partial charge is 0.466 e. The third-order valence-electron chi connectivity index (χ3n) is 1.93. The topological polar surface area (TPSA) is 13.1 Å². The van der Waals surface area contributed by atoms with E-state index in [1.807, 2.05) is 13.8 Å². The summed E-state index contributed by atoms with van der Waals surface area (Å²) in [4.78, 5) is 0. The summed E-state index contributed by atoms with van der Waals surface area (Å²) in [5.74, 6) is 2.75. The fourth-order valence-electron chi connectivity index (χ4n) is 1.18. The zero-order valence-corrected chi connectivity index (χ0v) is 9.77. The van der Waals surface area contributed by atoms with Crippen molar-refractivity contribution in [3.63, 3.8) is 0 Å². The van der Waals surface area contributed by atoms with E-state index in [-0.39, 0.29) is 0 Å². The highest BCUT2D eigenvalue weighted by Crippen LogP contribution is 2.21. The van der Waals surface area contributed by atoms with Gasteiger partial charge in [0.2, 0.25) is 0 Å². The first-order valence-electron chi connectivity index (χ1n) is 5.24. The summed E-state index contributed by atoms with van der Waals surface area (Å²) < 4.78 is 5.62. The van der Waals surface area contributed by atoms with Gasteiger partial charge in [0.1, 0.15) is 11.5 Å². The van der Waals surface area contributed by atoms with Crippen LogP contribution in [0.1, 0.15) is 57.6 Å². The molecule has 0 saturated carbocycles. The van der Waals surface area contributed by atoms with E-state index in [9.17, 15) is 0 Å². The highest BCUT2D eigenvalue weighted by molar-refractivity contribution is 5.21. The molecule has 0 aliphatic carbocycles. The smallest absolute Gasteiger partial charge is 0.106 e. The SMILES string of the molecule is CC.CCc1oc(C(C)C)cc1C. The number of hydrogen-bond donors (Lipinski definition) is 0. The molecule has 0 radical (unpaired) electrons. The maximum atomic E-state index is 5.62. The monoisotopic (exact) mass is 182 g/mol. The molecule has 0 aromatic carbocycles. The van der Waals surface area contributed by atoms with Gasteiger partial charge in [0, 0.05) is 12.3 Å². The van der Waals surface area contributed by atoms with Crippen molar-refractivity contribution < 1.29 is 4.42 Å². The molecule has 0 bridgehead atoms. The first-order chi connectivity index (χ1) is 6.15. The lowest BCUT2D eigenvalue weighted by atomic mass is 10.1. The fraction of sp³-hybridized carbons (Fsp3) is 0.667. The van der Waals surface area contributed by atoms with Crippen molar-refractivity contribution in [3.05, 3.63) is 23.2 Å². The highest BCUT2D eigenvalue weighted by Gasteiger charge is 2.07. The molecule has 1 aromatic rings. The number of aryl methyl sites for hydroxylation is 2. The van der Waals surface area contributed by atoms with Crippen molar-refractivity contribution >= 4 is 0 Å². The van der Waals surface area contributed by atoms with Crippen LogP contribution in [0.5, 0.6) is 0 Å². The van der Waals surface area contributed by atoms with E-state index >= 15 is 0 Å². The normalized spacial score (nSPS) is 9.77. The fourth-order valence-corrected chi connectivity index (χ4v) is 1.18. The molecule has 13 heavy (non-hydrogen) atoms. The molecule has 1 heterocycles. The van der Waals surface area contributed by atoms with Crippen LogP contribution in [-0.4, -0.2) is 0 Å². The Labute approximate surface area is 82.2 Å². The van der Waals surface area contributed by atoms with Gasteiger partial charge in [-0.3, -0.25) is 0 Å². The Morgan fingerprint density at radius 2 is 1.85 bits per heavy atom. The third kappa shape index (κ3) is 3.25. The minimum atomic E-state index is 0.508. The molecule has 1 rings (SSSR count). The van der Waals surface area contributed by atoms with Crippen LogP contribution in [0.25, 0.3) is 0 Å². The van der Waals surface area contributed by atoms with Gasteiger partial charge >= 0.3 is 0 Å². The second-order valence-electron chi connectivity index (χ2n) is 3.26. The van der Waals surface area contributed by atoms with Crippen LogP contribution in [0.2, 0.25) is 0 Å². The third-order valence-corrected chi connectivity index (χ3v) is 1.93. The van der Waals surface area contributed by atoms with Gasteiger partial charge in [0.25, 0.3) is 0 Å². The molecular formula is C12H22O. The summed E-state index contributed by atoms with van der Waals surface area (Å²) in [7, 11) is 0. The summed E-state index contributed by atoms with van der Waals surface area (Å²) in [5, 5.41) is 0. The molecule has 1 aromatic heterocycles. The molecule has 0 atom stereocenters. The van der Waals surface area contributed by atoms with E-state index in [1.54, 1.807) is 0 Å². The van der Waals surface area contributed by atoms with E-state index in [0.717, 1.165) is 17.9 Å². The van der Waals surface area contributed by atoms with Crippen molar-refractivity contribution in [2.75, 3.05) is 0 Å². The Morgan fingerprint density at radius 3 is 2.08 bits per heavy atom. The first-order valence-corrected chi connectivity index (χ1v) is 5.24. The minimum Gasteiger partial charge on any atom is -0.466 e. The minimum absolute atomic E-state index is 0.508. The lowest BCUT2D eigenvalue weighted by molar-refractivity contribution is 0.450. The quantitative estimate of drug-likeness (QED) is 0.664. The van der Waals surface area contributed by atoms with Crippen LogP contribution in [0, 0.1) is 6.92 Å². The Morgan fingerprint density at radius 1 is 1.31 bits per heavy atom. The van der Waals surface area contributed by atoms with Gasteiger partial charge in [-0.1, -0.05) is 34.6 Å². The second kappa shape index (κ2) is 5.85. The molecule has 0 amide bonds. The lowest BCUT2D eigenvalue weighted by Gasteiger charge is -1.97. The predicted octanol–water partition coefficient (Wildman–Crippen LogP) is 4.30. The zero-order valence-electron chi connectivity index (χ0n) is 9.77. The van der Waals surface area contributed by atoms with E-state index < -0.39 is 0 Å². The van der Waals surface area contributed by atoms with Crippen LogP contribution < -0.4 is 0 Å². The van der Waals surface area contributed by atoms with Crippen molar-refractivity contribution in [2.24, 2.45) is 0 Å². The molecular weight excluding hydrogens is 160 g/mol. The van der Waals surface area contributed by atoms with Gasteiger partial charge in [-0.2, -0.15) is 0 Å². The number of hydrogen-bond acceptors (Lipinski definition) is 1. The van der Waals surface area contributed by atoms with E-state index in [2.05, 4.69) is 33.8 Å². The van der Waals surface area contributed by atoms with Crippen LogP contribution in [0.4, 0.5) is 0 Å². The zero-order chi connectivity index (χ0) is 10.4. The molecule has 0 spiro atoms. The van der Waals surface area contributed by atoms with Crippen LogP contribution in [-0.2, 0) is 6.42 Å². The Bertz CT molecular complexity index is 233. The molecule has 0 saturated heterocycles. The van der Waals surface area contributed by atoms with Crippen molar-refractivity contribution in [2.45, 2.75) is 53.9 Å². The molecule has 0 fully saturated rings. The molecule has 0 aliphatic heterocycles. The van der Waals surface area contributed by atoms with Crippen LogP contribution in [0.3, 0.4) is 0 Å². The summed E-state index contributed by atoms with van der Waals surface area (Å²) in [5.41, 5.74) is 1.29. The molecule has 76 valence electrons. The van der Waals surface area contributed by atoms with Crippen molar-refractivity contribution in [1.29, 1.82) is 0 Å². The molecule has 0 unspecified atom stereocenters. The first kappa shape index (κ1) is 12.3. The maximum absolute atomic E-state index is 5.62. The second-order valence-corrected chi connectivity index (χ2v) is 3.26. The van der Waals surface area contributed by atoms with Gasteiger partial charge in [-0.25, -0.2) is 0 Å². The van der Waals surface area contributed by atoms with Gasteiger partial charge in [0.15, 0.2) is 0 Å². The van der Waals surface area contributed by atoms with E-state index in [1.165, 1.54) is 5.56 Å². The summed E-state index contributed by atoms with van der Waals surface area (Å²) in [6, 6.07) is 2.14. The Hall–Kier alpha value is -0.720. The molecule has 0 aliphatic rings. The summed E-state index contributed by atoms with van der Waals surface area (Å²) in [6.07, 6.45) is 0.999. The van der Waals surface area contributed by atoms with Crippen LogP contribution in [0.15, 0.2) is 10.5 Å². The Kier molecular flexibility index (Phi) is 5.52. The van der Waals surface area contributed by atoms with Crippen molar-refractivity contribution in [1.82, 2.24) is 0 Å². The van der Waals surface area contributed by atoms with Gasteiger partial charge in [0.05, 0.1) is 0 Å². The number of furan rings is 1. The van der Waals surface area contributed by atoms with Gasteiger partial charge in [-0.15, -0.1) is 0 Å². The predicted molar refractivity (Wildman–Crippen MR) is 58.3 cm³/mol.